The van der Waals surface area contributed by atoms with E-state index in [0.29, 0.717) is 144 Å². The van der Waals surface area contributed by atoms with Crippen molar-refractivity contribution in [3.05, 3.63) is 231 Å². The molecular formula is C77H76N26O14. The van der Waals surface area contributed by atoms with E-state index in [-0.39, 0.29) is 41.3 Å². The molecule has 16 rings (SSSR count). The zero-order valence-electron chi connectivity index (χ0n) is 63.5. The van der Waals surface area contributed by atoms with Crippen LogP contribution in [0, 0.1) is 13.8 Å². The Kier molecular flexibility index (Phi) is 27.7. The number of furan rings is 4. The summed E-state index contributed by atoms with van der Waals surface area (Å²) in [5, 5.41) is 63.1. The van der Waals surface area contributed by atoms with Gasteiger partial charge < -0.3 is 63.0 Å². The molecule has 0 aromatic carbocycles. The van der Waals surface area contributed by atoms with Crippen LogP contribution in [0.25, 0.3) is 91.1 Å². The van der Waals surface area contributed by atoms with E-state index in [9.17, 15) is 19.2 Å². The Morgan fingerprint density at radius 1 is 0.402 bits per heavy atom. The highest BCUT2D eigenvalue weighted by Gasteiger charge is 2.25. The highest BCUT2D eigenvalue weighted by Crippen LogP contribution is 2.33. The molecule has 16 heterocycles. The van der Waals surface area contributed by atoms with Crippen LogP contribution in [0.4, 0.5) is 22.7 Å². The van der Waals surface area contributed by atoms with Crippen LogP contribution in [0.1, 0.15) is 53.6 Å². The number of aryl methyl sites for hydroxylation is 2. The van der Waals surface area contributed by atoms with Gasteiger partial charge >= 0.3 is 0 Å². The number of aromatic nitrogens is 22. The number of aromatic amines is 4. The third-order valence-corrected chi connectivity index (χ3v) is 16.6. The van der Waals surface area contributed by atoms with E-state index < -0.39 is 11.8 Å². The number of carbonyl (C=O) groups excluding carboxylic acids is 4. The van der Waals surface area contributed by atoms with Gasteiger partial charge in [-0.2, -0.15) is 40.8 Å². The number of anilines is 4. The summed E-state index contributed by atoms with van der Waals surface area (Å²) in [5.74, 6) is 2.21. The van der Waals surface area contributed by atoms with E-state index in [2.05, 4.69) is 112 Å². The Morgan fingerprint density at radius 3 is 1.00 bits per heavy atom. The lowest BCUT2D eigenvalue weighted by Crippen LogP contribution is -2.11. The quantitative estimate of drug-likeness (QED) is 0.0206. The van der Waals surface area contributed by atoms with Crippen molar-refractivity contribution in [2.75, 3.05) is 76.1 Å². The van der Waals surface area contributed by atoms with Gasteiger partial charge in [-0.15, -0.1) is 0 Å². The van der Waals surface area contributed by atoms with Crippen LogP contribution in [0.5, 0.6) is 0 Å². The molecular weight excluding hydrogens is 1510 g/mol. The number of nitrogens with one attached hydrogen (secondary N) is 8. The van der Waals surface area contributed by atoms with Gasteiger partial charge in [0.25, 0.3) is 30.1 Å². The molecule has 0 aliphatic carbocycles. The Hall–Kier alpha value is -15.6. The Labute approximate surface area is 663 Å². The van der Waals surface area contributed by atoms with Gasteiger partial charge in [0.1, 0.15) is 34.4 Å². The van der Waals surface area contributed by atoms with Crippen molar-refractivity contribution >= 4 is 52.9 Å². The maximum Gasteiger partial charge on any atom is 0.291 e. The maximum absolute atomic E-state index is 12.8. The van der Waals surface area contributed by atoms with Crippen LogP contribution in [-0.2, 0) is 49.9 Å². The van der Waals surface area contributed by atoms with Gasteiger partial charge in [-0.3, -0.25) is 73.1 Å². The summed E-state index contributed by atoms with van der Waals surface area (Å²) in [6.45, 7) is 7.64. The number of pyridine rings is 2. The first-order chi connectivity index (χ1) is 57.2. The highest BCUT2D eigenvalue weighted by atomic mass is 16.5. The van der Waals surface area contributed by atoms with Crippen molar-refractivity contribution in [2.45, 2.75) is 40.0 Å². The standard InChI is InChI=1S/C20H20N6O3.C19H19N7O3.C19H18N6O3.C18H17N7O3.CH2O2/c1-13-14(11-22-24-13)17-6-7-18(29-17)20(27)23-16-12-26(9-10-28-2)25-19(16)15-5-3-4-8-21-15;1-12-13(10-22-24-12)15-4-5-16(29-15)19(27)23-14-11-26(8-9-28-2)25-17(14)18-20-6-3-7-21-18;1-27-9-8-25-12-15(18(24-25)14-4-2-3-7-20-14)23-19(26)17-6-5-16(28-17)13-10-21-22-11-13;1-27-8-7-25-11-13(16(24-25)17-19-5-2-6-20-17)23-18(26)15-4-3-14(28-15)12-9-21-22-10-12;2-1-3/h3-8,11-12H,9-10H2,1-2H3,(H,22,24)(H,23,27);3-7,10-11H,8-9H2,1-2H3,(H,22,24)(H,23,27);2-7,10-12H,8-9H2,1H3,(H,21,22)(H,23,26);2-6,9-11H,7-8H2,1H3,(H,21,22)(H,23,26);1H,(H,2,3). The molecule has 0 bridgehead atoms. The lowest BCUT2D eigenvalue weighted by molar-refractivity contribution is -0.122. The van der Waals surface area contributed by atoms with Crippen LogP contribution >= 0.6 is 0 Å². The molecule has 0 spiro atoms. The van der Waals surface area contributed by atoms with E-state index in [1.54, 1.807) is 207 Å². The first kappa shape index (κ1) is 81.0. The predicted molar refractivity (Wildman–Crippen MR) is 420 cm³/mol. The second-order valence-electron chi connectivity index (χ2n) is 24.5. The number of hydrogen-bond acceptors (Lipinski definition) is 27. The Bertz CT molecular complexity index is 5450. The predicted octanol–water partition coefficient (Wildman–Crippen LogP) is 10.4. The molecule has 598 valence electrons. The number of carboxylic acid groups (broad SMARTS) is 1. The lowest BCUT2D eigenvalue weighted by Gasteiger charge is -2.03. The minimum atomic E-state index is -0.404. The van der Waals surface area contributed by atoms with E-state index in [1.165, 1.54) is 0 Å². The number of hydrogen-bond donors (Lipinski definition) is 9. The zero-order chi connectivity index (χ0) is 81.8. The number of carbonyl (C=O) groups is 5. The zero-order valence-corrected chi connectivity index (χ0v) is 63.5. The third kappa shape index (κ3) is 21.2. The second-order valence-corrected chi connectivity index (χ2v) is 24.5. The fraction of sp³-hybridized carbons (Fsp3) is 0.182. The summed E-state index contributed by atoms with van der Waals surface area (Å²) < 4.78 is 49.9. The molecule has 40 nitrogen and oxygen atoms in total. The molecule has 0 atom stereocenters. The minimum absolute atomic E-state index is 0.167. The van der Waals surface area contributed by atoms with Gasteiger partial charge in [-0.1, -0.05) is 12.1 Å². The van der Waals surface area contributed by atoms with Gasteiger partial charge in [0.2, 0.25) is 0 Å². The maximum atomic E-state index is 12.8. The fourth-order valence-electron chi connectivity index (χ4n) is 11.0. The van der Waals surface area contributed by atoms with Crippen molar-refractivity contribution in [1.82, 2.24) is 110 Å². The van der Waals surface area contributed by atoms with Crippen LogP contribution in [-0.4, -0.2) is 200 Å². The summed E-state index contributed by atoms with van der Waals surface area (Å²) in [6.07, 6.45) is 26.7. The number of rotatable bonds is 28. The second kappa shape index (κ2) is 40.1. The largest absolute Gasteiger partial charge is 0.483 e. The molecule has 0 aliphatic heterocycles. The molecule has 4 amide bonds. The average Bonchev–Trinajstić information content (AvgIpc) is 1.68. The normalized spacial score (nSPS) is 10.8. The molecule has 0 saturated carbocycles. The highest BCUT2D eigenvalue weighted by molar-refractivity contribution is 6.06. The van der Waals surface area contributed by atoms with E-state index in [0.717, 1.165) is 33.6 Å². The van der Waals surface area contributed by atoms with Gasteiger partial charge in [-0.25, -0.2) is 19.9 Å². The van der Waals surface area contributed by atoms with Gasteiger partial charge in [0.15, 0.2) is 46.1 Å². The first-order valence-electron chi connectivity index (χ1n) is 35.6. The van der Waals surface area contributed by atoms with Crippen molar-refractivity contribution in [3.8, 4) is 91.1 Å². The monoisotopic (exact) mass is 1590 g/mol. The van der Waals surface area contributed by atoms with Crippen LogP contribution in [0.3, 0.4) is 0 Å². The number of amides is 4. The van der Waals surface area contributed by atoms with Gasteiger partial charge in [0.05, 0.1) is 134 Å². The van der Waals surface area contributed by atoms with E-state index >= 15 is 0 Å². The summed E-state index contributed by atoms with van der Waals surface area (Å²) >= 11 is 0. The molecule has 9 N–H and O–H groups in total. The average molecular weight is 1590 g/mol. The minimum Gasteiger partial charge on any atom is -0.483 e. The number of ether oxygens (including phenoxy) is 4. The van der Waals surface area contributed by atoms with Crippen LogP contribution < -0.4 is 21.3 Å². The van der Waals surface area contributed by atoms with Crippen molar-refractivity contribution < 1.29 is 65.7 Å². The van der Waals surface area contributed by atoms with Crippen molar-refractivity contribution in [1.29, 1.82) is 0 Å². The SMILES string of the molecule is COCCn1cc(NC(=O)c2ccc(-c3cn[nH]c3)o2)c(-c2ccccn2)n1.COCCn1cc(NC(=O)c2ccc(-c3cn[nH]c3)o2)c(-c2ncccn2)n1.COCCn1cc(NC(=O)c2ccc(-c3cn[nH]c3C)o2)c(-c2ccccn2)n1.COCCn1cc(NC(=O)c2ccc(-c3cn[nH]c3C)o2)c(-c2ncccn2)n1.O=CO. The van der Waals surface area contributed by atoms with Crippen molar-refractivity contribution in [2.24, 2.45) is 0 Å². The first-order valence-corrected chi connectivity index (χ1v) is 35.6. The number of methoxy groups -OCH3 is 4. The molecule has 0 radical (unpaired) electrons. The summed E-state index contributed by atoms with van der Waals surface area (Å²) in [6, 6.07) is 27.9. The molecule has 0 unspecified atom stereocenters. The summed E-state index contributed by atoms with van der Waals surface area (Å²) in [7, 11) is 6.48. The molecule has 0 aliphatic rings. The van der Waals surface area contributed by atoms with Gasteiger partial charge in [0, 0.05) is 114 Å². The molecule has 0 fully saturated rings. The molecule has 16 aromatic heterocycles. The molecule has 117 heavy (non-hydrogen) atoms. The lowest BCUT2D eigenvalue weighted by atomic mass is 10.2. The van der Waals surface area contributed by atoms with Crippen LogP contribution in [0.15, 0.2) is 214 Å². The number of nitrogens with zero attached hydrogens (tertiary/aromatic N) is 18. The summed E-state index contributed by atoms with van der Waals surface area (Å²) in [4.78, 5) is 84.8. The third-order valence-electron chi connectivity index (χ3n) is 16.6. The molecule has 0 saturated heterocycles. The van der Waals surface area contributed by atoms with E-state index in [1.807, 2.05) is 50.2 Å². The van der Waals surface area contributed by atoms with Gasteiger partial charge in [-0.05, 0) is 98.8 Å². The molecule has 16 aromatic rings. The van der Waals surface area contributed by atoms with E-state index in [4.69, 9.17) is 46.5 Å². The Balaban J connectivity index is 0.000000142. The summed E-state index contributed by atoms with van der Waals surface area (Å²) in [5.41, 5.74) is 10.3. The van der Waals surface area contributed by atoms with Crippen molar-refractivity contribution in [3.63, 3.8) is 0 Å². The Morgan fingerprint density at radius 2 is 0.709 bits per heavy atom. The smallest absolute Gasteiger partial charge is 0.291 e. The van der Waals surface area contributed by atoms with Crippen LogP contribution in [0.2, 0.25) is 0 Å². The molecule has 40 heteroatoms. The topological polar surface area (TPSA) is 507 Å². The fourth-order valence-corrected chi connectivity index (χ4v) is 11.0. The number of H-pyrrole nitrogens is 4.